The molecule has 6 aromatic rings. The number of carbonyl (C=O) groups excluding carboxylic acids is 2. The first kappa shape index (κ1) is 31.3. The van der Waals surface area contributed by atoms with Gasteiger partial charge in [0, 0.05) is 36.9 Å². The van der Waals surface area contributed by atoms with Gasteiger partial charge in [0.2, 0.25) is 11.8 Å². The van der Waals surface area contributed by atoms with Crippen LogP contribution in [0.3, 0.4) is 0 Å². The lowest BCUT2D eigenvalue weighted by molar-refractivity contribution is -0.132. The summed E-state index contributed by atoms with van der Waals surface area (Å²) < 4.78 is 0. The first-order valence-corrected chi connectivity index (χ1v) is 18.2. The number of nitrogens with zero attached hydrogens (tertiary/aromatic N) is 6. The van der Waals surface area contributed by atoms with Crippen molar-refractivity contribution in [2.24, 2.45) is 0 Å². The van der Waals surface area contributed by atoms with E-state index in [1.807, 2.05) is 46.6 Å². The van der Waals surface area contributed by atoms with Crippen LogP contribution in [-0.4, -0.2) is 53.2 Å². The van der Waals surface area contributed by atoms with Crippen LogP contribution < -0.4 is 4.90 Å². The smallest absolute Gasteiger partial charge is 0.227 e. The van der Waals surface area contributed by atoms with Crippen LogP contribution in [0.4, 0.5) is 5.69 Å². The molecule has 3 aromatic carbocycles. The van der Waals surface area contributed by atoms with Crippen LogP contribution in [0.15, 0.2) is 79.3 Å². The number of imidazole rings is 2. The highest BCUT2D eigenvalue weighted by Gasteiger charge is 2.39. The molecule has 51 heavy (non-hydrogen) atoms. The van der Waals surface area contributed by atoms with E-state index in [9.17, 15) is 9.59 Å². The third kappa shape index (κ3) is 5.68. The summed E-state index contributed by atoms with van der Waals surface area (Å²) in [6, 6.07) is 20.6. The molecule has 1 fully saturated rings. The van der Waals surface area contributed by atoms with Crippen LogP contribution in [0.5, 0.6) is 0 Å². The summed E-state index contributed by atoms with van der Waals surface area (Å²) in [4.78, 5) is 56.2. The van der Waals surface area contributed by atoms with Gasteiger partial charge in [-0.05, 0) is 60.9 Å². The zero-order valence-electron chi connectivity index (χ0n) is 28.7. The van der Waals surface area contributed by atoms with Gasteiger partial charge in [-0.25, -0.2) is 15.0 Å². The molecule has 3 aliphatic rings. The fourth-order valence-electron chi connectivity index (χ4n) is 8.11. The molecule has 0 saturated carbocycles. The second-order valence-electron chi connectivity index (χ2n) is 14.0. The summed E-state index contributed by atoms with van der Waals surface area (Å²) in [6.45, 7) is 2.91. The van der Waals surface area contributed by atoms with E-state index in [-0.39, 0.29) is 23.9 Å². The van der Waals surface area contributed by atoms with E-state index in [1.165, 1.54) is 11.1 Å². The molecule has 0 aliphatic carbocycles. The number of para-hydroxylation sites is 1. The predicted octanol–water partition coefficient (Wildman–Crippen LogP) is 7.90. The van der Waals surface area contributed by atoms with E-state index < -0.39 is 0 Å². The number of fused-ring (bicyclic) bond motifs is 1. The third-order valence-electron chi connectivity index (χ3n) is 10.8. The fourth-order valence-corrected chi connectivity index (χ4v) is 8.11. The van der Waals surface area contributed by atoms with Gasteiger partial charge in [0.05, 0.1) is 64.5 Å². The Morgan fingerprint density at radius 1 is 0.804 bits per heavy atom. The maximum Gasteiger partial charge on any atom is 0.227 e. The molecule has 0 bridgehead atoms. The van der Waals surface area contributed by atoms with E-state index in [2.05, 4.69) is 59.4 Å². The molecule has 9 rings (SSSR count). The highest BCUT2D eigenvalue weighted by molar-refractivity contribution is 5.98. The van der Waals surface area contributed by atoms with Gasteiger partial charge in [0.1, 0.15) is 11.6 Å². The Morgan fingerprint density at radius 2 is 1.55 bits per heavy atom. The predicted molar refractivity (Wildman–Crippen MR) is 197 cm³/mol. The molecule has 2 amide bonds. The molecule has 256 valence electrons. The molecular weight excluding hydrogens is 637 g/mol. The maximum absolute atomic E-state index is 13.2. The zero-order valence-corrected chi connectivity index (χ0v) is 28.7. The number of nitrogens with one attached hydrogen (secondary N) is 2. The van der Waals surface area contributed by atoms with E-state index >= 15 is 0 Å². The number of rotatable bonds is 8. The van der Waals surface area contributed by atoms with Crippen molar-refractivity contribution < 1.29 is 9.59 Å². The lowest BCUT2D eigenvalue weighted by atomic mass is 10.0. The van der Waals surface area contributed by atoms with Crippen molar-refractivity contribution in [1.82, 2.24) is 34.8 Å². The van der Waals surface area contributed by atoms with Gasteiger partial charge >= 0.3 is 0 Å². The van der Waals surface area contributed by atoms with E-state index in [0.717, 1.165) is 114 Å². The Bertz CT molecular complexity index is 2270. The number of unbranched alkanes of at least 4 members (excludes halogenated alkanes) is 1. The Hall–Kier alpha value is -5.64. The van der Waals surface area contributed by atoms with Crippen molar-refractivity contribution in [1.29, 1.82) is 0 Å². The zero-order chi connectivity index (χ0) is 34.5. The quantitative estimate of drug-likeness (QED) is 0.169. The van der Waals surface area contributed by atoms with Gasteiger partial charge in [0.15, 0.2) is 0 Å². The van der Waals surface area contributed by atoms with Crippen molar-refractivity contribution >= 4 is 28.5 Å². The molecule has 10 nitrogen and oxygen atoms in total. The summed E-state index contributed by atoms with van der Waals surface area (Å²) in [5, 5.41) is 0. The molecule has 2 N–H and O–H groups in total. The lowest BCUT2D eigenvalue weighted by Gasteiger charge is -2.24. The Labute approximate surface area is 296 Å². The molecular formula is C41H40N8O2. The van der Waals surface area contributed by atoms with Crippen LogP contribution in [0, 0.1) is 0 Å². The van der Waals surface area contributed by atoms with Gasteiger partial charge in [-0.1, -0.05) is 61.9 Å². The molecule has 3 aliphatic heterocycles. The van der Waals surface area contributed by atoms with Crippen molar-refractivity contribution in [3.8, 4) is 33.8 Å². The van der Waals surface area contributed by atoms with Crippen molar-refractivity contribution in [3.63, 3.8) is 0 Å². The normalized spacial score (nSPS) is 18.4. The minimum Gasteiger partial charge on any atom is -0.340 e. The van der Waals surface area contributed by atoms with Crippen molar-refractivity contribution in [3.05, 3.63) is 102 Å². The summed E-state index contributed by atoms with van der Waals surface area (Å²) in [6.07, 6.45) is 13.1. The van der Waals surface area contributed by atoms with Gasteiger partial charge < -0.3 is 19.8 Å². The number of carbonyl (C=O) groups is 2. The van der Waals surface area contributed by atoms with Gasteiger partial charge in [-0.15, -0.1) is 0 Å². The number of aromatic nitrogens is 6. The molecule has 1 saturated heterocycles. The number of anilines is 1. The molecule has 0 spiro atoms. The largest absolute Gasteiger partial charge is 0.340 e. The van der Waals surface area contributed by atoms with Gasteiger partial charge in [-0.3, -0.25) is 14.6 Å². The number of amides is 2. The molecule has 3 aromatic heterocycles. The van der Waals surface area contributed by atoms with Crippen LogP contribution in [0.25, 0.3) is 44.8 Å². The lowest BCUT2D eigenvalue weighted by Crippen LogP contribution is -2.32. The number of aryl methyl sites for hydroxylation is 1. The van der Waals surface area contributed by atoms with E-state index in [0.29, 0.717) is 12.8 Å². The number of H-pyrrole nitrogens is 2. The van der Waals surface area contributed by atoms with Crippen molar-refractivity contribution in [2.45, 2.75) is 76.8 Å². The second kappa shape index (κ2) is 12.9. The highest BCUT2D eigenvalue weighted by Crippen LogP contribution is 2.44. The van der Waals surface area contributed by atoms with Crippen LogP contribution in [0.2, 0.25) is 0 Å². The summed E-state index contributed by atoms with van der Waals surface area (Å²) in [5.41, 5.74) is 10.8. The minimum absolute atomic E-state index is 0.00571. The molecule has 0 unspecified atom stereocenters. The number of hydrogen-bond donors (Lipinski definition) is 2. The van der Waals surface area contributed by atoms with Gasteiger partial charge in [0.25, 0.3) is 0 Å². The molecule has 10 heteroatoms. The SMILES string of the molecule is CCCCC(=O)N1CCC[C@H]1c1ncc(-c2ccc3nc(-c4ccc(-c5cnc([C@@H]6Cc7cccc8c7N6C(=O)CCC8)[nH]5)cc4)cnc3c2)[nH]1. The number of likely N-dealkylation sites (tertiary alicyclic amines) is 1. The van der Waals surface area contributed by atoms with Crippen LogP contribution in [0.1, 0.15) is 86.7 Å². The Balaban J connectivity index is 0.908. The second-order valence-corrected chi connectivity index (χ2v) is 14.0. The van der Waals surface area contributed by atoms with E-state index in [1.54, 1.807) is 0 Å². The summed E-state index contributed by atoms with van der Waals surface area (Å²) in [5.74, 6) is 2.06. The number of hydrogen-bond acceptors (Lipinski definition) is 6. The van der Waals surface area contributed by atoms with Crippen LogP contribution >= 0.6 is 0 Å². The third-order valence-corrected chi connectivity index (χ3v) is 10.8. The summed E-state index contributed by atoms with van der Waals surface area (Å²) >= 11 is 0. The first-order valence-electron chi connectivity index (χ1n) is 18.2. The number of aromatic amines is 2. The maximum atomic E-state index is 13.2. The fraction of sp³-hybridized carbons (Fsp3) is 0.317. The van der Waals surface area contributed by atoms with Crippen LogP contribution in [-0.2, 0) is 22.4 Å². The Morgan fingerprint density at radius 3 is 2.37 bits per heavy atom. The average Bonchev–Trinajstić information content (AvgIpc) is 3.98. The molecule has 0 radical (unpaired) electrons. The molecule has 6 heterocycles. The van der Waals surface area contributed by atoms with E-state index in [4.69, 9.17) is 19.9 Å². The Kier molecular flexibility index (Phi) is 7.94. The standard InChI is InChI=1S/C41H40N8O2/c1-2-3-11-37(50)48-19-6-10-35(48)40-43-24-34(47-40)28-17-18-30-31(20-28)42-22-32(45-30)25-13-15-26(16-14-25)33-23-44-41(46-33)36-21-29-9-4-7-27-8-5-12-38(51)49(36)39(27)29/h4,7,9,13-18,20,22-24,35-36H,2-3,5-6,8,10-12,19,21H2,1H3,(H,43,47)(H,44,46)/t35-,36-/m0/s1. The topological polar surface area (TPSA) is 124 Å². The molecule has 2 atom stereocenters. The minimum atomic E-state index is -0.118. The number of benzene rings is 3. The summed E-state index contributed by atoms with van der Waals surface area (Å²) in [7, 11) is 0. The van der Waals surface area contributed by atoms with Gasteiger partial charge in [-0.2, -0.15) is 0 Å². The van der Waals surface area contributed by atoms with Crippen molar-refractivity contribution in [2.75, 3.05) is 11.4 Å². The monoisotopic (exact) mass is 676 g/mol. The first-order chi connectivity index (χ1) is 25.0. The highest BCUT2D eigenvalue weighted by atomic mass is 16.2. The average molecular weight is 677 g/mol.